The van der Waals surface area contributed by atoms with Crippen LogP contribution >= 0.6 is 0 Å². The van der Waals surface area contributed by atoms with Crippen molar-refractivity contribution in [2.45, 2.75) is 190 Å². The highest BCUT2D eigenvalue weighted by Gasteiger charge is 2.28. The minimum absolute atomic E-state index is 0.556. The Hall–Kier alpha value is -3.94. The Bertz CT molecular complexity index is 1830. The van der Waals surface area contributed by atoms with Crippen molar-refractivity contribution in [1.29, 1.82) is 0 Å². The number of rotatable bonds is 34. The van der Waals surface area contributed by atoms with Crippen LogP contribution in [0.1, 0.15) is 189 Å². The summed E-state index contributed by atoms with van der Waals surface area (Å²) < 4.78 is 40.3. The lowest BCUT2D eigenvalue weighted by Gasteiger charge is -2.25. The van der Waals surface area contributed by atoms with Gasteiger partial charge in [-0.25, -0.2) is 0 Å². The van der Waals surface area contributed by atoms with Crippen molar-refractivity contribution in [3.63, 3.8) is 0 Å². The average molecular weight is 845 g/mol. The van der Waals surface area contributed by atoms with Gasteiger partial charge in [0.05, 0.1) is 51.0 Å². The van der Waals surface area contributed by atoms with Gasteiger partial charge in [-0.05, 0) is 91.1 Å². The maximum atomic E-state index is 7.49. The van der Waals surface area contributed by atoms with Crippen LogP contribution in [0.2, 0.25) is 0 Å². The molecular formula is C53H84N2O6. The molecule has 342 valence electrons. The van der Waals surface area contributed by atoms with Crippen LogP contribution in [-0.2, 0) is 6.42 Å². The van der Waals surface area contributed by atoms with E-state index in [1.54, 1.807) is 0 Å². The summed E-state index contributed by atoms with van der Waals surface area (Å²) in [5.41, 5.74) is 17.2. The van der Waals surface area contributed by atoms with Gasteiger partial charge in [-0.2, -0.15) is 0 Å². The first-order valence-corrected chi connectivity index (χ1v) is 24.8. The largest absolute Gasteiger partial charge is 0.490 e. The zero-order valence-electron chi connectivity index (χ0n) is 39.6. The van der Waals surface area contributed by atoms with E-state index in [1.165, 1.54) is 0 Å². The first kappa shape index (κ1) is 49.7. The number of hydrogen-bond acceptors (Lipinski definition) is 8. The van der Waals surface area contributed by atoms with Gasteiger partial charge >= 0.3 is 0 Å². The van der Waals surface area contributed by atoms with Gasteiger partial charge < -0.3 is 39.9 Å². The van der Waals surface area contributed by atoms with E-state index in [0.29, 0.717) is 74.0 Å². The van der Waals surface area contributed by atoms with Gasteiger partial charge in [-0.15, -0.1) is 0 Å². The quantitative estimate of drug-likeness (QED) is 0.0272. The minimum Gasteiger partial charge on any atom is -0.490 e. The van der Waals surface area contributed by atoms with E-state index < -0.39 is 0 Å². The van der Waals surface area contributed by atoms with Crippen LogP contribution in [-0.4, -0.2) is 39.6 Å². The van der Waals surface area contributed by atoms with Crippen molar-refractivity contribution in [3.8, 4) is 34.5 Å². The van der Waals surface area contributed by atoms with Crippen LogP contribution in [0.5, 0.6) is 34.5 Å². The minimum atomic E-state index is 0.556. The molecule has 0 heterocycles. The van der Waals surface area contributed by atoms with E-state index in [1.807, 2.05) is 0 Å². The van der Waals surface area contributed by atoms with Crippen LogP contribution in [0.25, 0.3) is 32.3 Å². The van der Waals surface area contributed by atoms with Crippen molar-refractivity contribution in [3.05, 3.63) is 23.8 Å². The molecule has 0 fully saturated rings. The summed E-state index contributed by atoms with van der Waals surface area (Å²) >= 11 is 0. The predicted octanol–water partition coefficient (Wildman–Crippen LogP) is 15.5. The number of nitrogen functional groups attached to an aromatic ring is 2. The van der Waals surface area contributed by atoms with Crippen molar-refractivity contribution >= 4 is 43.7 Å². The highest BCUT2D eigenvalue weighted by Crippen LogP contribution is 2.54. The van der Waals surface area contributed by atoms with Gasteiger partial charge in [0.2, 0.25) is 0 Å². The number of ether oxygens (including phenoxy) is 6. The van der Waals surface area contributed by atoms with E-state index in [-0.39, 0.29) is 0 Å². The highest BCUT2D eigenvalue weighted by molar-refractivity contribution is 6.33. The van der Waals surface area contributed by atoms with E-state index >= 15 is 0 Å². The topological polar surface area (TPSA) is 107 Å². The lowest BCUT2D eigenvalue weighted by molar-refractivity contribution is 0.258. The van der Waals surface area contributed by atoms with Crippen molar-refractivity contribution in [2.24, 2.45) is 0 Å². The summed E-state index contributed by atoms with van der Waals surface area (Å²) in [6, 6.07) is 6.50. The number of aryl methyl sites for hydroxylation is 1. The fourth-order valence-corrected chi connectivity index (χ4v) is 8.24. The van der Waals surface area contributed by atoms with Crippen LogP contribution in [0, 0.1) is 0 Å². The first-order chi connectivity index (χ1) is 29.9. The van der Waals surface area contributed by atoms with Gasteiger partial charge in [0.1, 0.15) is 0 Å². The maximum absolute atomic E-state index is 7.49. The molecule has 0 aromatic heterocycles. The lowest BCUT2D eigenvalue weighted by Crippen LogP contribution is -2.09. The molecule has 4 rings (SSSR count). The Morgan fingerprint density at radius 2 is 0.607 bits per heavy atom. The molecule has 0 unspecified atom stereocenters. The zero-order valence-corrected chi connectivity index (χ0v) is 39.6. The summed E-state index contributed by atoms with van der Waals surface area (Å²) in [6.07, 6.45) is 23.0. The molecular weight excluding hydrogens is 761 g/mol. The molecule has 0 atom stereocenters. The van der Waals surface area contributed by atoms with Gasteiger partial charge in [-0.3, -0.25) is 0 Å². The number of unbranched alkanes of at least 4 members (excludes halogenated alkanes) is 14. The fraction of sp³-hybridized carbons (Fsp3) is 0.660. The Morgan fingerprint density at radius 1 is 0.328 bits per heavy atom. The Balaban J connectivity index is 2.23. The van der Waals surface area contributed by atoms with E-state index in [4.69, 9.17) is 39.9 Å². The SMILES string of the molecule is CCCCCOc1cc2c(c(N)c1OCCCCC)c1cc(OCCCCC)c(OCCCCC)c(N)c1c1cc(OCCCCC)c(OCCCCC)c(CCCCC)c21. The molecule has 0 spiro atoms. The lowest BCUT2D eigenvalue weighted by atomic mass is 9.87. The van der Waals surface area contributed by atoms with Crippen LogP contribution in [0.4, 0.5) is 11.4 Å². The molecule has 0 bridgehead atoms. The third kappa shape index (κ3) is 13.8. The molecule has 8 nitrogen and oxygen atoms in total. The molecule has 4 N–H and O–H groups in total. The molecule has 0 amide bonds. The number of anilines is 2. The van der Waals surface area contributed by atoms with Crippen molar-refractivity contribution in [1.82, 2.24) is 0 Å². The second-order valence-electron chi connectivity index (χ2n) is 17.0. The molecule has 4 aromatic rings. The molecule has 8 heteroatoms. The third-order valence-electron chi connectivity index (χ3n) is 11.7. The van der Waals surface area contributed by atoms with Crippen LogP contribution in [0.15, 0.2) is 18.2 Å². The summed E-state index contributed by atoms with van der Waals surface area (Å²) in [5, 5.41) is 5.77. The van der Waals surface area contributed by atoms with Crippen LogP contribution < -0.4 is 39.9 Å². The number of fused-ring (bicyclic) bond motifs is 6. The number of nitrogens with two attached hydrogens (primary N) is 2. The first-order valence-electron chi connectivity index (χ1n) is 24.8. The summed E-state index contributed by atoms with van der Waals surface area (Å²) in [6.45, 7) is 19.1. The highest BCUT2D eigenvalue weighted by atomic mass is 16.5. The van der Waals surface area contributed by atoms with Crippen molar-refractivity contribution < 1.29 is 28.4 Å². The molecule has 0 aliphatic rings. The smallest absolute Gasteiger partial charge is 0.184 e. The Labute approximate surface area is 370 Å². The fourth-order valence-electron chi connectivity index (χ4n) is 8.24. The molecule has 0 aliphatic heterocycles. The van der Waals surface area contributed by atoms with E-state index in [0.717, 1.165) is 191 Å². The molecule has 0 radical (unpaired) electrons. The summed E-state index contributed by atoms with van der Waals surface area (Å²) in [4.78, 5) is 0. The van der Waals surface area contributed by atoms with E-state index in [2.05, 4.69) is 66.7 Å². The van der Waals surface area contributed by atoms with Gasteiger partial charge in [0.25, 0.3) is 0 Å². The number of hydrogen-bond donors (Lipinski definition) is 2. The second kappa shape index (κ2) is 27.9. The molecule has 0 aliphatic carbocycles. The molecule has 0 saturated carbocycles. The van der Waals surface area contributed by atoms with Gasteiger partial charge in [0.15, 0.2) is 34.5 Å². The summed E-state index contributed by atoms with van der Waals surface area (Å²) in [5.74, 6) is 4.15. The second-order valence-corrected chi connectivity index (χ2v) is 17.0. The monoisotopic (exact) mass is 845 g/mol. The molecule has 0 saturated heterocycles. The van der Waals surface area contributed by atoms with Crippen molar-refractivity contribution in [2.75, 3.05) is 51.1 Å². The molecule has 4 aromatic carbocycles. The predicted molar refractivity (Wildman–Crippen MR) is 261 cm³/mol. The van der Waals surface area contributed by atoms with Gasteiger partial charge in [-0.1, -0.05) is 138 Å². The zero-order chi connectivity index (χ0) is 43.8. The van der Waals surface area contributed by atoms with Gasteiger partial charge in [0, 0.05) is 16.3 Å². The average Bonchev–Trinajstić information content (AvgIpc) is 3.26. The molecule has 61 heavy (non-hydrogen) atoms. The maximum Gasteiger partial charge on any atom is 0.184 e. The van der Waals surface area contributed by atoms with E-state index in [9.17, 15) is 0 Å². The summed E-state index contributed by atoms with van der Waals surface area (Å²) in [7, 11) is 0. The van der Waals surface area contributed by atoms with Crippen LogP contribution in [0.3, 0.4) is 0 Å². The third-order valence-corrected chi connectivity index (χ3v) is 11.7. The number of benzene rings is 4. The standard InChI is InChI=1S/C53H84N2O6/c1-8-15-22-29-39-46-40(36-43(56-30-23-16-9-2)51(39)59-33-26-19-12-5)47-42(38-45(58-32-25-18-11-4)53(49(47)54)61-35-28-21-14-7)48-41(46)37-44(57-31-24-17-10-3)52(50(48)55)60-34-27-20-13-6/h36-38H,8-35,54-55H2,1-7H3. The Kier molecular flexibility index (Phi) is 22.7. The normalized spacial score (nSPS) is 11.5. The Morgan fingerprint density at radius 3 is 0.951 bits per heavy atom.